The fourth-order valence-electron chi connectivity index (χ4n) is 3.18. The number of ether oxygens (including phenoxy) is 1. The molecular formula is C18H17F3N2O5S. The number of rotatable bonds is 5. The van der Waals surface area contributed by atoms with Crippen LogP contribution in [0.1, 0.15) is 28.2 Å². The Morgan fingerprint density at radius 1 is 1.34 bits per heavy atom. The van der Waals surface area contributed by atoms with Crippen LogP contribution in [0.3, 0.4) is 0 Å². The van der Waals surface area contributed by atoms with Crippen LogP contribution in [0, 0.1) is 5.92 Å². The molecule has 2 aromatic rings. The van der Waals surface area contributed by atoms with Gasteiger partial charge in [0.15, 0.2) is 17.3 Å². The Bertz CT molecular complexity index is 919. The Morgan fingerprint density at radius 2 is 2.07 bits per heavy atom. The number of amides is 2. The minimum Gasteiger partial charge on any atom is -0.504 e. The number of alkyl halides is 3. The van der Waals surface area contributed by atoms with Gasteiger partial charge < -0.3 is 25.6 Å². The summed E-state index contributed by atoms with van der Waals surface area (Å²) in [4.78, 5) is 24.9. The van der Waals surface area contributed by atoms with E-state index < -0.39 is 35.7 Å². The number of phenolic OH excluding ortho intramolecular Hbond substituents is 1. The van der Waals surface area contributed by atoms with E-state index in [0.29, 0.717) is 0 Å². The van der Waals surface area contributed by atoms with E-state index in [0.717, 1.165) is 11.3 Å². The molecule has 0 spiro atoms. The summed E-state index contributed by atoms with van der Waals surface area (Å²) in [6, 6.07) is 3.64. The normalized spacial score (nSPS) is 24.5. The van der Waals surface area contributed by atoms with Crippen molar-refractivity contribution in [2.75, 3.05) is 6.61 Å². The first-order valence-electron chi connectivity index (χ1n) is 8.49. The lowest BCUT2D eigenvalue weighted by atomic mass is 9.78. The highest BCUT2D eigenvalue weighted by Crippen LogP contribution is 2.45. The second kappa shape index (κ2) is 7.56. The summed E-state index contributed by atoms with van der Waals surface area (Å²) in [5.41, 5.74) is -3.75. The predicted molar refractivity (Wildman–Crippen MR) is 96.8 cm³/mol. The van der Waals surface area contributed by atoms with Crippen molar-refractivity contribution < 1.29 is 37.7 Å². The third-order valence-electron chi connectivity index (χ3n) is 4.50. The molecular weight excluding hydrogens is 413 g/mol. The first kappa shape index (κ1) is 20.9. The highest BCUT2D eigenvalue weighted by Gasteiger charge is 2.66. The number of thiophene rings is 1. The maximum Gasteiger partial charge on any atom is 0.437 e. The topological polar surface area (TPSA) is 108 Å². The molecule has 0 bridgehead atoms. The van der Waals surface area contributed by atoms with E-state index >= 15 is 0 Å². The lowest BCUT2D eigenvalue weighted by molar-refractivity contribution is -0.287. The number of aliphatic hydroxyl groups is 1. The number of Topliss-reactive ketones (excluding diaryl/α,β-unsaturated/α-hetero) is 1. The maximum absolute atomic E-state index is 13.8. The number of benzene rings is 1. The molecule has 2 amide bonds. The number of carbonyl (C=O) groups excluding carboxylic acids is 2. The van der Waals surface area contributed by atoms with Gasteiger partial charge in [0.1, 0.15) is 5.92 Å². The molecule has 4 N–H and O–H groups in total. The SMILES string of the molecule is CCOc1cc([C@@H]2NC(=O)N[C@@](O)(C(F)(F)F)[C@H]2C(=O)c2cccs2)ccc1O. The Balaban J connectivity index is 2.15. The van der Waals surface area contributed by atoms with E-state index in [1.807, 2.05) is 0 Å². The van der Waals surface area contributed by atoms with Gasteiger partial charge in [-0.05, 0) is 36.1 Å². The van der Waals surface area contributed by atoms with Gasteiger partial charge in [0.05, 0.1) is 17.5 Å². The summed E-state index contributed by atoms with van der Waals surface area (Å²) in [6.45, 7) is 1.81. The zero-order valence-corrected chi connectivity index (χ0v) is 15.8. The number of halogens is 3. The van der Waals surface area contributed by atoms with Crippen molar-refractivity contribution in [3.63, 3.8) is 0 Å². The van der Waals surface area contributed by atoms with Gasteiger partial charge in [-0.2, -0.15) is 13.2 Å². The molecule has 7 nitrogen and oxygen atoms in total. The number of hydrogen-bond donors (Lipinski definition) is 4. The summed E-state index contributed by atoms with van der Waals surface area (Å²) in [7, 11) is 0. The standard InChI is InChI=1S/C18H17F3N2O5S/c1-2-28-11-8-9(5-6-10(11)24)14-13(15(25)12-4-3-7-29-12)17(27,18(19,20)21)23-16(26)22-14/h3-8,13-14,24,27H,2H2,1H3,(H2,22,23,26)/t13-,14+,17+/m1/s1. The third kappa shape index (κ3) is 3.75. The minimum absolute atomic E-state index is 0.00978. The van der Waals surface area contributed by atoms with E-state index in [-0.39, 0.29) is 28.5 Å². The van der Waals surface area contributed by atoms with E-state index in [1.165, 1.54) is 41.0 Å². The van der Waals surface area contributed by atoms with Crippen LogP contribution >= 0.6 is 11.3 Å². The second-order valence-corrected chi connectivity index (χ2v) is 7.27. The molecule has 0 saturated carbocycles. The van der Waals surface area contributed by atoms with E-state index in [9.17, 15) is 33.0 Å². The van der Waals surface area contributed by atoms with Gasteiger partial charge in [-0.3, -0.25) is 4.79 Å². The maximum atomic E-state index is 13.8. The second-order valence-electron chi connectivity index (χ2n) is 6.32. The van der Waals surface area contributed by atoms with Crippen LogP contribution in [0.15, 0.2) is 35.7 Å². The third-order valence-corrected chi connectivity index (χ3v) is 5.38. The first-order valence-corrected chi connectivity index (χ1v) is 9.37. The van der Waals surface area contributed by atoms with Crippen LogP contribution in [-0.2, 0) is 0 Å². The van der Waals surface area contributed by atoms with Crippen molar-refractivity contribution >= 4 is 23.2 Å². The van der Waals surface area contributed by atoms with Crippen LogP contribution in [-0.4, -0.2) is 40.5 Å². The molecule has 0 unspecified atom stereocenters. The number of carbonyl (C=O) groups is 2. The summed E-state index contributed by atoms with van der Waals surface area (Å²) in [5, 5.41) is 25.6. The van der Waals surface area contributed by atoms with Crippen LogP contribution < -0.4 is 15.4 Å². The van der Waals surface area contributed by atoms with Crippen molar-refractivity contribution in [1.29, 1.82) is 0 Å². The van der Waals surface area contributed by atoms with Gasteiger partial charge in [0.2, 0.25) is 5.72 Å². The zero-order valence-electron chi connectivity index (χ0n) is 15.0. The quantitative estimate of drug-likeness (QED) is 0.546. The van der Waals surface area contributed by atoms with Crippen LogP contribution in [0.4, 0.5) is 18.0 Å². The average molecular weight is 430 g/mol. The summed E-state index contributed by atoms with van der Waals surface area (Å²) in [6.07, 6.45) is -5.33. The largest absolute Gasteiger partial charge is 0.504 e. The number of aromatic hydroxyl groups is 1. The molecule has 1 aliphatic rings. The van der Waals surface area contributed by atoms with Crippen LogP contribution in [0.25, 0.3) is 0 Å². The molecule has 1 aromatic carbocycles. The number of urea groups is 1. The smallest absolute Gasteiger partial charge is 0.437 e. The number of hydrogen-bond acceptors (Lipinski definition) is 6. The lowest BCUT2D eigenvalue weighted by Gasteiger charge is -2.44. The van der Waals surface area contributed by atoms with Crippen LogP contribution in [0.5, 0.6) is 11.5 Å². The van der Waals surface area contributed by atoms with E-state index in [2.05, 4.69) is 5.32 Å². The molecule has 2 heterocycles. The number of ketones is 1. The molecule has 29 heavy (non-hydrogen) atoms. The Kier molecular flexibility index (Phi) is 5.46. The van der Waals surface area contributed by atoms with E-state index in [1.54, 1.807) is 6.92 Å². The molecule has 1 aliphatic heterocycles. The first-order chi connectivity index (χ1) is 13.6. The molecule has 1 fully saturated rings. The Hall–Kier alpha value is -2.79. The van der Waals surface area contributed by atoms with Gasteiger partial charge in [0.25, 0.3) is 0 Å². The fourth-order valence-corrected chi connectivity index (χ4v) is 3.89. The van der Waals surface area contributed by atoms with Gasteiger partial charge in [-0.1, -0.05) is 12.1 Å². The van der Waals surface area contributed by atoms with Crippen molar-refractivity contribution in [3.05, 3.63) is 46.2 Å². The molecule has 3 rings (SSSR count). The molecule has 3 atom stereocenters. The summed E-state index contributed by atoms with van der Waals surface area (Å²) in [5.74, 6) is -3.42. The van der Waals surface area contributed by atoms with Gasteiger partial charge in [0, 0.05) is 0 Å². The Labute approximate surface area is 167 Å². The molecule has 0 radical (unpaired) electrons. The fraction of sp³-hybridized carbons (Fsp3) is 0.333. The molecule has 156 valence electrons. The molecule has 11 heteroatoms. The predicted octanol–water partition coefficient (Wildman–Crippen LogP) is 2.96. The average Bonchev–Trinajstić information content (AvgIpc) is 3.16. The summed E-state index contributed by atoms with van der Waals surface area (Å²) >= 11 is 0.915. The lowest BCUT2D eigenvalue weighted by Crippen LogP contribution is -2.72. The monoisotopic (exact) mass is 430 g/mol. The van der Waals surface area contributed by atoms with Gasteiger partial charge in [-0.25, -0.2) is 4.79 Å². The van der Waals surface area contributed by atoms with Crippen molar-refractivity contribution in [3.8, 4) is 11.5 Å². The van der Waals surface area contributed by atoms with Crippen molar-refractivity contribution in [2.45, 2.75) is 24.9 Å². The highest BCUT2D eigenvalue weighted by atomic mass is 32.1. The highest BCUT2D eigenvalue weighted by molar-refractivity contribution is 7.12. The molecule has 0 aliphatic carbocycles. The number of phenols is 1. The van der Waals surface area contributed by atoms with Gasteiger partial charge in [-0.15, -0.1) is 11.3 Å². The minimum atomic E-state index is -5.33. The van der Waals surface area contributed by atoms with Crippen molar-refractivity contribution in [2.24, 2.45) is 5.92 Å². The van der Waals surface area contributed by atoms with Crippen molar-refractivity contribution in [1.82, 2.24) is 10.6 Å². The summed E-state index contributed by atoms with van der Waals surface area (Å²) < 4.78 is 46.6. The molecule has 1 aromatic heterocycles. The van der Waals surface area contributed by atoms with E-state index in [4.69, 9.17) is 4.74 Å². The van der Waals surface area contributed by atoms with Crippen LogP contribution in [0.2, 0.25) is 0 Å². The zero-order chi connectivity index (χ0) is 21.4. The number of nitrogens with one attached hydrogen (secondary N) is 2. The molecule has 1 saturated heterocycles. The Morgan fingerprint density at radius 3 is 2.66 bits per heavy atom. The van der Waals surface area contributed by atoms with Gasteiger partial charge >= 0.3 is 12.2 Å².